The summed E-state index contributed by atoms with van der Waals surface area (Å²) in [5.41, 5.74) is 2.16. The molecule has 0 aliphatic carbocycles. The van der Waals surface area contributed by atoms with Crippen molar-refractivity contribution in [2.45, 2.75) is 20.0 Å². The van der Waals surface area contributed by atoms with Gasteiger partial charge in [0, 0.05) is 10.6 Å². The van der Waals surface area contributed by atoms with E-state index >= 15 is 0 Å². The van der Waals surface area contributed by atoms with Crippen LogP contribution in [0.2, 0.25) is 5.02 Å². The second-order valence-electron chi connectivity index (χ2n) is 5.70. The number of hydrogen-bond donors (Lipinski definition) is 1. The van der Waals surface area contributed by atoms with E-state index in [-0.39, 0.29) is 18.0 Å². The molecular weight excluding hydrogens is 312 g/mol. The van der Waals surface area contributed by atoms with Gasteiger partial charge in [-0.15, -0.1) is 5.10 Å². The fourth-order valence-corrected chi connectivity index (χ4v) is 2.60. The Morgan fingerprint density at radius 2 is 1.91 bits per heavy atom. The zero-order valence-corrected chi connectivity index (χ0v) is 13.7. The van der Waals surface area contributed by atoms with Gasteiger partial charge in [0.15, 0.2) is 0 Å². The lowest BCUT2D eigenvalue weighted by Crippen LogP contribution is -2.36. The van der Waals surface area contributed by atoms with E-state index in [0.29, 0.717) is 16.1 Å². The molecule has 1 N–H and O–H groups in total. The highest BCUT2D eigenvalue weighted by atomic mass is 35.5. The van der Waals surface area contributed by atoms with Crippen LogP contribution in [-0.4, -0.2) is 20.9 Å². The van der Waals surface area contributed by atoms with Crippen LogP contribution in [0, 0.1) is 5.92 Å². The summed E-state index contributed by atoms with van der Waals surface area (Å²) in [5.74, 6) is 0.00477. The lowest BCUT2D eigenvalue weighted by Gasteiger charge is -2.23. The standard InChI is InChI=1S/C17H17ClN4O/c1-11(2)16(19-17(23)12-6-4-3-5-7-12)22-15-9-8-13(18)10-14(15)20-21-22/h3-11,16H,1-2H3,(H,19,23). The minimum atomic E-state index is -0.297. The Labute approximate surface area is 139 Å². The van der Waals surface area contributed by atoms with Gasteiger partial charge in [0.25, 0.3) is 5.91 Å². The van der Waals surface area contributed by atoms with Crippen LogP contribution >= 0.6 is 11.6 Å². The zero-order chi connectivity index (χ0) is 16.4. The van der Waals surface area contributed by atoms with Crippen LogP contribution in [0.1, 0.15) is 30.4 Å². The molecule has 1 atom stereocenters. The van der Waals surface area contributed by atoms with E-state index in [1.54, 1.807) is 28.9 Å². The molecule has 3 aromatic rings. The Morgan fingerprint density at radius 3 is 2.61 bits per heavy atom. The van der Waals surface area contributed by atoms with Crippen LogP contribution < -0.4 is 5.32 Å². The molecule has 2 aromatic carbocycles. The quantitative estimate of drug-likeness (QED) is 0.795. The molecular formula is C17H17ClN4O. The van der Waals surface area contributed by atoms with E-state index in [0.717, 1.165) is 5.52 Å². The third kappa shape index (κ3) is 3.19. The Hall–Kier alpha value is -2.40. The maximum Gasteiger partial charge on any atom is 0.252 e. The van der Waals surface area contributed by atoms with Crippen molar-refractivity contribution in [2.24, 2.45) is 5.92 Å². The number of carbonyl (C=O) groups is 1. The SMILES string of the molecule is CC(C)C(NC(=O)c1ccccc1)n1nnc2cc(Cl)ccc21. The molecule has 1 amide bonds. The van der Waals surface area contributed by atoms with E-state index in [1.807, 2.05) is 38.1 Å². The van der Waals surface area contributed by atoms with Crippen LogP contribution in [0.25, 0.3) is 11.0 Å². The molecule has 0 fully saturated rings. The molecule has 0 spiro atoms. The van der Waals surface area contributed by atoms with Crippen LogP contribution in [0.4, 0.5) is 0 Å². The minimum absolute atomic E-state index is 0.137. The number of amides is 1. The fourth-order valence-electron chi connectivity index (χ4n) is 2.44. The predicted octanol–water partition coefficient (Wildman–Crippen LogP) is 3.67. The number of halogens is 1. The van der Waals surface area contributed by atoms with Gasteiger partial charge in [-0.1, -0.05) is 48.9 Å². The summed E-state index contributed by atoms with van der Waals surface area (Å²) in [5, 5.41) is 12.0. The number of aromatic nitrogens is 3. The summed E-state index contributed by atoms with van der Waals surface area (Å²) in [6.07, 6.45) is -0.297. The van der Waals surface area contributed by atoms with E-state index in [4.69, 9.17) is 11.6 Å². The first kappa shape index (κ1) is 15.5. The van der Waals surface area contributed by atoms with Crippen LogP contribution in [-0.2, 0) is 0 Å². The molecule has 0 saturated heterocycles. The molecule has 6 heteroatoms. The van der Waals surface area contributed by atoms with Gasteiger partial charge in [-0.2, -0.15) is 0 Å². The van der Waals surface area contributed by atoms with Gasteiger partial charge < -0.3 is 5.32 Å². The highest BCUT2D eigenvalue weighted by Gasteiger charge is 2.22. The second kappa shape index (κ2) is 6.38. The second-order valence-corrected chi connectivity index (χ2v) is 6.13. The Morgan fingerprint density at radius 1 is 1.17 bits per heavy atom. The number of hydrogen-bond acceptors (Lipinski definition) is 3. The van der Waals surface area contributed by atoms with E-state index in [2.05, 4.69) is 15.6 Å². The summed E-state index contributed by atoms with van der Waals surface area (Å²) in [4.78, 5) is 12.5. The summed E-state index contributed by atoms with van der Waals surface area (Å²) < 4.78 is 1.73. The lowest BCUT2D eigenvalue weighted by molar-refractivity contribution is 0.0896. The van der Waals surface area contributed by atoms with Crippen molar-refractivity contribution in [1.29, 1.82) is 0 Å². The van der Waals surface area contributed by atoms with Gasteiger partial charge in [-0.25, -0.2) is 4.68 Å². The largest absolute Gasteiger partial charge is 0.330 e. The number of rotatable bonds is 4. The van der Waals surface area contributed by atoms with Gasteiger partial charge >= 0.3 is 0 Å². The topological polar surface area (TPSA) is 59.8 Å². The fraction of sp³-hybridized carbons (Fsp3) is 0.235. The smallest absolute Gasteiger partial charge is 0.252 e. The number of nitrogens with one attached hydrogen (secondary N) is 1. The third-order valence-corrected chi connectivity index (χ3v) is 3.88. The molecule has 118 valence electrons. The highest BCUT2D eigenvalue weighted by molar-refractivity contribution is 6.31. The molecule has 5 nitrogen and oxygen atoms in total. The molecule has 1 aromatic heterocycles. The third-order valence-electron chi connectivity index (χ3n) is 3.64. The average Bonchev–Trinajstić information content (AvgIpc) is 2.95. The predicted molar refractivity (Wildman–Crippen MR) is 90.3 cm³/mol. The van der Waals surface area contributed by atoms with Crippen LogP contribution in [0.3, 0.4) is 0 Å². The number of carbonyl (C=O) groups excluding carboxylic acids is 1. The Kier molecular flexibility index (Phi) is 4.30. The van der Waals surface area contributed by atoms with Crippen molar-refractivity contribution >= 4 is 28.5 Å². The number of nitrogens with zero attached hydrogens (tertiary/aromatic N) is 3. The van der Waals surface area contributed by atoms with Crippen molar-refractivity contribution in [3.8, 4) is 0 Å². The Balaban J connectivity index is 1.93. The van der Waals surface area contributed by atoms with Gasteiger partial charge in [-0.05, 0) is 36.2 Å². The van der Waals surface area contributed by atoms with Crippen molar-refractivity contribution < 1.29 is 4.79 Å². The molecule has 3 rings (SSSR count). The number of fused-ring (bicyclic) bond motifs is 1. The summed E-state index contributed by atoms with van der Waals surface area (Å²) in [7, 11) is 0. The molecule has 0 saturated carbocycles. The highest BCUT2D eigenvalue weighted by Crippen LogP contribution is 2.22. The molecule has 0 aliphatic heterocycles. The van der Waals surface area contributed by atoms with Crippen LogP contribution in [0.15, 0.2) is 48.5 Å². The number of benzene rings is 2. The Bertz CT molecular complexity index is 829. The summed E-state index contributed by atoms with van der Waals surface area (Å²) >= 11 is 5.99. The van der Waals surface area contributed by atoms with E-state index in [9.17, 15) is 4.79 Å². The lowest BCUT2D eigenvalue weighted by atomic mass is 10.1. The molecule has 0 aliphatic rings. The van der Waals surface area contributed by atoms with Crippen LogP contribution in [0.5, 0.6) is 0 Å². The van der Waals surface area contributed by atoms with E-state index in [1.165, 1.54) is 0 Å². The van der Waals surface area contributed by atoms with Gasteiger partial charge in [0.1, 0.15) is 11.7 Å². The normalized spacial score (nSPS) is 12.5. The van der Waals surface area contributed by atoms with Crippen molar-refractivity contribution in [2.75, 3.05) is 0 Å². The van der Waals surface area contributed by atoms with Crippen molar-refractivity contribution in [3.63, 3.8) is 0 Å². The molecule has 1 unspecified atom stereocenters. The van der Waals surface area contributed by atoms with E-state index < -0.39 is 0 Å². The molecule has 0 bridgehead atoms. The van der Waals surface area contributed by atoms with Gasteiger partial charge in [0.05, 0.1) is 5.52 Å². The molecule has 1 heterocycles. The zero-order valence-electron chi connectivity index (χ0n) is 12.9. The summed E-state index contributed by atoms with van der Waals surface area (Å²) in [6.45, 7) is 4.05. The minimum Gasteiger partial charge on any atom is -0.330 e. The monoisotopic (exact) mass is 328 g/mol. The first-order chi connectivity index (χ1) is 11.1. The van der Waals surface area contributed by atoms with Crippen molar-refractivity contribution in [3.05, 3.63) is 59.1 Å². The maximum atomic E-state index is 12.5. The van der Waals surface area contributed by atoms with Gasteiger partial charge in [0.2, 0.25) is 0 Å². The average molecular weight is 329 g/mol. The molecule has 0 radical (unpaired) electrons. The van der Waals surface area contributed by atoms with Crippen molar-refractivity contribution in [1.82, 2.24) is 20.3 Å². The molecule has 23 heavy (non-hydrogen) atoms. The maximum absolute atomic E-state index is 12.5. The summed E-state index contributed by atoms with van der Waals surface area (Å²) in [6, 6.07) is 14.5. The first-order valence-electron chi connectivity index (χ1n) is 7.42. The van der Waals surface area contributed by atoms with Gasteiger partial charge in [-0.3, -0.25) is 4.79 Å². The first-order valence-corrected chi connectivity index (χ1v) is 7.80.